The smallest absolute Gasteiger partial charge is 0.224 e. The molecule has 0 aliphatic carbocycles. The molecule has 0 atom stereocenters. The summed E-state index contributed by atoms with van der Waals surface area (Å²) in [6.07, 6.45) is 0.454. The Morgan fingerprint density at radius 2 is 1.75 bits per heavy atom. The molecule has 28 heavy (non-hydrogen) atoms. The van der Waals surface area contributed by atoms with Gasteiger partial charge in [0, 0.05) is 38.2 Å². The molecule has 6 nitrogen and oxygen atoms in total. The maximum Gasteiger partial charge on any atom is 0.224 e. The third-order valence-corrected chi connectivity index (χ3v) is 3.89. The summed E-state index contributed by atoms with van der Waals surface area (Å²) < 4.78 is 6.03. The summed E-state index contributed by atoms with van der Waals surface area (Å²) in [6.45, 7) is 15.4. The van der Waals surface area contributed by atoms with Crippen molar-refractivity contribution in [3.63, 3.8) is 0 Å². The molecule has 0 spiro atoms. The number of guanidine groups is 1. The maximum atomic E-state index is 12.1. The van der Waals surface area contributed by atoms with Gasteiger partial charge in [-0.2, -0.15) is 0 Å². The first kappa shape index (κ1) is 26.5. The van der Waals surface area contributed by atoms with Gasteiger partial charge in [0.25, 0.3) is 0 Å². The zero-order valence-electron chi connectivity index (χ0n) is 18.2. The van der Waals surface area contributed by atoms with Gasteiger partial charge in [-0.3, -0.25) is 4.79 Å². The van der Waals surface area contributed by atoms with E-state index in [0.29, 0.717) is 25.5 Å². The summed E-state index contributed by atoms with van der Waals surface area (Å²) in [5, 5.41) is 6.47. The van der Waals surface area contributed by atoms with Crippen molar-refractivity contribution >= 4 is 35.8 Å². The summed E-state index contributed by atoms with van der Waals surface area (Å²) in [7, 11) is 0. The third kappa shape index (κ3) is 10.1. The number of para-hydroxylation sites is 1. The second kappa shape index (κ2) is 13.6. The van der Waals surface area contributed by atoms with Crippen LogP contribution in [0, 0.1) is 0 Å². The molecule has 0 aliphatic rings. The standard InChI is InChI=1S/C21H36N4O2.HI/c1-7-22-20(23-15-14-19(26)25(8-2)9-3)24-16-17-12-10-11-13-18(17)27-21(4,5)6;/h10-13H,7-9,14-16H2,1-6H3,(H2,22,23,24);1H. The molecule has 2 N–H and O–H groups in total. The number of rotatable bonds is 9. The first-order chi connectivity index (χ1) is 12.8. The molecule has 0 aliphatic heterocycles. The highest BCUT2D eigenvalue weighted by atomic mass is 127. The van der Waals surface area contributed by atoms with Crippen LogP contribution < -0.4 is 15.4 Å². The minimum absolute atomic E-state index is 0. The molecule has 1 aromatic carbocycles. The molecule has 0 aromatic heterocycles. The van der Waals surface area contributed by atoms with Crippen LogP contribution in [0.25, 0.3) is 0 Å². The quantitative estimate of drug-likeness (QED) is 0.305. The SMILES string of the molecule is CCNC(=NCc1ccccc1OC(C)(C)C)NCCC(=O)N(CC)CC.I. The van der Waals surface area contributed by atoms with E-state index in [1.54, 1.807) is 0 Å². The van der Waals surface area contributed by atoms with Crippen molar-refractivity contribution in [3.8, 4) is 5.75 Å². The van der Waals surface area contributed by atoms with Crippen LogP contribution >= 0.6 is 24.0 Å². The molecule has 0 bridgehead atoms. The molecule has 1 amide bonds. The van der Waals surface area contributed by atoms with Crippen LogP contribution in [0.2, 0.25) is 0 Å². The summed E-state index contributed by atoms with van der Waals surface area (Å²) in [6, 6.07) is 7.96. The Balaban J connectivity index is 0.00000729. The molecule has 0 radical (unpaired) electrons. The number of halogens is 1. The van der Waals surface area contributed by atoms with Crippen molar-refractivity contribution in [1.82, 2.24) is 15.5 Å². The molecule has 7 heteroatoms. The highest BCUT2D eigenvalue weighted by Crippen LogP contribution is 2.23. The zero-order valence-corrected chi connectivity index (χ0v) is 20.5. The number of carbonyl (C=O) groups excluding carboxylic acids is 1. The van der Waals surface area contributed by atoms with Crippen LogP contribution in [-0.4, -0.2) is 48.5 Å². The van der Waals surface area contributed by atoms with E-state index in [1.807, 2.05) is 70.7 Å². The number of nitrogens with one attached hydrogen (secondary N) is 2. The zero-order chi connectivity index (χ0) is 20.3. The van der Waals surface area contributed by atoms with Crippen LogP contribution in [0.3, 0.4) is 0 Å². The molecule has 0 saturated carbocycles. The van der Waals surface area contributed by atoms with Gasteiger partial charge < -0.3 is 20.3 Å². The van der Waals surface area contributed by atoms with Gasteiger partial charge in [0.05, 0.1) is 6.54 Å². The fourth-order valence-electron chi connectivity index (χ4n) is 2.59. The Morgan fingerprint density at radius 3 is 2.32 bits per heavy atom. The van der Waals surface area contributed by atoms with Gasteiger partial charge >= 0.3 is 0 Å². The Morgan fingerprint density at radius 1 is 1.11 bits per heavy atom. The number of carbonyl (C=O) groups is 1. The van der Waals surface area contributed by atoms with Crippen LogP contribution in [0.1, 0.15) is 53.5 Å². The number of benzene rings is 1. The van der Waals surface area contributed by atoms with Crippen molar-refractivity contribution in [2.45, 2.75) is 60.1 Å². The van der Waals surface area contributed by atoms with Gasteiger partial charge in [0.1, 0.15) is 11.4 Å². The Labute approximate surface area is 187 Å². The fraction of sp³-hybridized carbons (Fsp3) is 0.619. The fourth-order valence-corrected chi connectivity index (χ4v) is 2.59. The second-order valence-corrected chi connectivity index (χ2v) is 7.26. The molecule has 1 rings (SSSR count). The van der Waals surface area contributed by atoms with Gasteiger partial charge in [0.15, 0.2) is 5.96 Å². The average molecular weight is 504 g/mol. The number of hydrogen-bond acceptors (Lipinski definition) is 3. The minimum atomic E-state index is -0.257. The van der Waals surface area contributed by atoms with Gasteiger partial charge in [-0.15, -0.1) is 24.0 Å². The van der Waals surface area contributed by atoms with Crippen molar-refractivity contribution in [2.75, 3.05) is 26.2 Å². The highest BCUT2D eigenvalue weighted by Gasteiger charge is 2.14. The predicted molar refractivity (Wildman–Crippen MR) is 128 cm³/mol. The average Bonchev–Trinajstić information content (AvgIpc) is 2.60. The van der Waals surface area contributed by atoms with Crippen molar-refractivity contribution < 1.29 is 9.53 Å². The van der Waals surface area contributed by atoms with Crippen LogP contribution in [0.15, 0.2) is 29.3 Å². The number of ether oxygens (including phenoxy) is 1. The monoisotopic (exact) mass is 504 g/mol. The lowest BCUT2D eigenvalue weighted by atomic mass is 10.1. The second-order valence-electron chi connectivity index (χ2n) is 7.26. The lowest BCUT2D eigenvalue weighted by molar-refractivity contribution is -0.130. The molecular formula is C21H37IN4O2. The molecule has 0 fully saturated rings. The minimum Gasteiger partial charge on any atom is -0.488 e. The van der Waals surface area contributed by atoms with Crippen LogP contribution in [-0.2, 0) is 11.3 Å². The predicted octanol–water partition coefficient (Wildman–Crippen LogP) is 3.80. The largest absolute Gasteiger partial charge is 0.488 e. The van der Waals surface area contributed by atoms with Crippen molar-refractivity contribution in [1.29, 1.82) is 0 Å². The van der Waals surface area contributed by atoms with Gasteiger partial charge in [-0.05, 0) is 47.6 Å². The lowest BCUT2D eigenvalue weighted by Gasteiger charge is -2.23. The topological polar surface area (TPSA) is 66.0 Å². The molecular weight excluding hydrogens is 467 g/mol. The van der Waals surface area contributed by atoms with E-state index < -0.39 is 0 Å². The normalized spacial score (nSPS) is 11.4. The highest BCUT2D eigenvalue weighted by molar-refractivity contribution is 14.0. The summed E-state index contributed by atoms with van der Waals surface area (Å²) >= 11 is 0. The number of hydrogen-bond donors (Lipinski definition) is 2. The number of aliphatic imine (C=N–C) groups is 1. The summed E-state index contributed by atoms with van der Waals surface area (Å²) in [5.74, 6) is 1.71. The van der Waals surface area contributed by atoms with Crippen LogP contribution in [0.5, 0.6) is 5.75 Å². The number of amides is 1. The first-order valence-corrected chi connectivity index (χ1v) is 9.87. The van der Waals surface area contributed by atoms with Gasteiger partial charge in [0.2, 0.25) is 5.91 Å². The Bertz CT molecular complexity index is 611. The van der Waals surface area contributed by atoms with E-state index in [0.717, 1.165) is 30.9 Å². The van der Waals surface area contributed by atoms with E-state index in [1.165, 1.54) is 0 Å². The molecule has 0 saturated heterocycles. The molecule has 160 valence electrons. The van der Waals surface area contributed by atoms with E-state index in [2.05, 4.69) is 15.6 Å². The summed E-state index contributed by atoms with van der Waals surface area (Å²) in [5.41, 5.74) is 0.775. The first-order valence-electron chi connectivity index (χ1n) is 9.87. The number of nitrogens with zero attached hydrogens (tertiary/aromatic N) is 2. The van der Waals surface area contributed by atoms with E-state index >= 15 is 0 Å². The van der Waals surface area contributed by atoms with Crippen molar-refractivity contribution in [3.05, 3.63) is 29.8 Å². The van der Waals surface area contributed by atoms with Crippen molar-refractivity contribution in [2.24, 2.45) is 4.99 Å². The summed E-state index contributed by atoms with van der Waals surface area (Å²) in [4.78, 5) is 18.6. The van der Waals surface area contributed by atoms with E-state index in [4.69, 9.17) is 4.74 Å². The molecule has 0 heterocycles. The van der Waals surface area contributed by atoms with E-state index in [9.17, 15) is 4.79 Å². The molecule has 0 unspecified atom stereocenters. The maximum absolute atomic E-state index is 12.1. The van der Waals surface area contributed by atoms with Gasteiger partial charge in [-0.25, -0.2) is 4.99 Å². The lowest BCUT2D eigenvalue weighted by Crippen LogP contribution is -2.40. The Kier molecular flexibility index (Phi) is 12.9. The molecule has 1 aromatic rings. The third-order valence-electron chi connectivity index (χ3n) is 3.89. The van der Waals surface area contributed by atoms with E-state index in [-0.39, 0.29) is 35.5 Å². The Hall–Kier alpha value is -1.51. The van der Waals surface area contributed by atoms with Gasteiger partial charge in [-0.1, -0.05) is 18.2 Å². The van der Waals surface area contributed by atoms with Crippen LogP contribution in [0.4, 0.5) is 0 Å².